The summed E-state index contributed by atoms with van der Waals surface area (Å²) in [6, 6.07) is 1.87. The fraction of sp³-hybridized carbons (Fsp3) is 0.526. The van der Waals surface area contributed by atoms with Crippen LogP contribution in [0.15, 0.2) is 15.4 Å². The largest absolute Gasteiger partial charge is 0.494 e. The molecule has 1 aromatic heterocycles. The molecular weight excluding hydrogens is 375 g/mol. The minimum atomic E-state index is -0.581. The van der Waals surface area contributed by atoms with Gasteiger partial charge in [-0.1, -0.05) is 50.9 Å². The third-order valence-corrected chi connectivity index (χ3v) is 5.34. The zero-order valence-corrected chi connectivity index (χ0v) is 16.9. The Labute approximate surface area is 162 Å². The molecule has 0 spiro atoms. The van der Waals surface area contributed by atoms with Crippen molar-refractivity contribution < 1.29 is 9.90 Å². The first-order valence-electron chi connectivity index (χ1n) is 8.38. The number of aromatic hydroxyl groups is 1. The molecule has 1 aliphatic carbocycles. The topological polar surface area (TPSA) is 83.1 Å². The lowest BCUT2D eigenvalue weighted by Crippen LogP contribution is -2.28. The number of rotatable bonds is 5. The number of nitrogens with zero attached hydrogens (tertiary/aromatic N) is 2. The lowest BCUT2D eigenvalue weighted by molar-refractivity contribution is 0.0945. The van der Waals surface area contributed by atoms with Crippen LogP contribution in [-0.4, -0.2) is 15.5 Å². The lowest BCUT2D eigenvalue weighted by Gasteiger charge is -2.17. The number of allylic oxidation sites excluding steroid dienone is 1. The zero-order valence-electron chi connectivity index (χ0n) is 15.4. The first-order chi connectivity index (χ1) is 11.9. The van der Waals surface area contributed by atoms with Crippen LogP contribution in [0, 0.1) is 41.4 Å². The van der Waals surface area contributed by atoms with Crippen molar-refractivity contribution in [1.82, 2.24) is 4.57 Å². The number of carbonyl (C=O) groups excluding carboxylic acids is 1. The summed E-state index contributed by atoms with van der Waals surface area (Å²) in [5.41, 5.74) is -0.837. The Balaban J connectivity index is 2.64. The number of carbonyl (C=O) groups is 1. The van der Waals surface area contributed by atoms with E-state index in [4.69, 9.17) is 23.2 Å². The molecule has 0 bridgehead atoms. The van der Waals surface area contributed by atoms with Crippen LogP contribution < -0.4 is 5.56 Å². The van der Waals surface area contributed by atoms with Crippen LogP contribution in [0.25, 0.3) is 0 Å². The van der Waals surface area contributed by atoms with Gasteiger partial charge in [0, 0.05) is 12.5 Å². The summed E-state index contributed by atoms with van der Waals surface area (Å²) in [7, 11) is 0. The van der Waals surface area contributed by atoms with Gasteiger partial charge in [0.05, 0.1) is 5.56 Å². The molecular formula is C19H22Cl2N2O3. The molecule has 2 rings (SSSR count). The molecule has 1 fully saturated rings. The first-order valence-corrected chi connectivity index (χ1v) is 9.14. The predicted molar refractivity (Wildman–Crippen MR) is 102 cm³/mol. The van der Waals surface area contributed by atoms with Crippen molar-refractivity contribution in [3.8, 4) is 11.9 Å². The number of ketones is 1. The maximum absolute atomic E-state index is 13.2. The van der Waals surface area contributed by atoms with Crippen molar-refractivity contribution in [2.24, 2.45) is 23.2 Å². The Hall–Kier alpha value is -1.77. The smallest absolute Gasteiger partial charge is 0.271 e. The molecule has 0 saturated heterocycles. The summed E-state index contributed by atoms with van der Waals surface area (Å²) >= 11 is 11.5. The van der Waals surface area contributed by atoms with Crippen molar-refractivity contribution in [3.05, 3.63) is 37.6 Å². The van der Waals surface area contributed by atoms with E-state index in [2.05, 4.69) is 0 Å². The lowest BCUT2D eigenvalue weighted by atomic mass is 9.96. The molecule has 1 saturated carbocycles. The number of halogens is 2. The molecule has 0 radical (unpaired) electrons. The van der Waals surface area contributed by atoms with E-state index in [0.717, 1.165) is 4.57 Å². The van der Waals surface area contributed by atoms with Crippen LogP contribution in [-0.2, 0) is 6.54 Å². The highest BCUT2D eigenvalue weighted by Crippen LogP contribution is 2.61. The minimum Gasteiger partial charge on any atom is -0.494 e. The monoisotopic (exact) mass is 396 g/mol. The summed E-state index contributed by atoms with van der Waals surface area (Å²) in [6.07, 6.45) is 1.62. The molecule has 0 aliphatic heterocycles. The Morgan fingerprint density at radius 3 is 2.46 bits per heavy atom. The van der Waals surface area contributed by atoms with Crippen molar-refractivity contribution in [2.45, 2.75) is 41.2 Å². The van der Waals surface area contributed by atoms with E-state index < -0.39 is 11.5 Å². The van der Waals surface area contributed by atoms with Crippen molar-refractivity contribution in [3.63, 3.8) is 0 Å². The molecule has 2 unspecified atom stereocenters. The van der Waals surface area contributed by atoms with Gasteiger partial charge >= 0.3 is 0 Å². The van der Waals surface area contributed by atoms with Gasteiger partial charge in [-0.15, -0.1) is 0 Å². The van der Waals surface area contributed by atoms with Gasteiger partial charge in [-0.2, -0.15) is 5.26 Å². The van der Waals surface area contributed by atoms with E-state index >= 15 is 0 Å². The normalized spacial score (nSPS) is 20.6. The maximum atomic E-state index is 13.2. The molecule has 140 valence electrons. The van der Waals surface area contributed by atoms with Gasteiger partial charge in [0.25, 0.3) is 5.56 Å². The number of pyridine rings is 1. The van der Waals surface area contributed by atoms with Gasteiger partial charge in [0.2, 0.25) is 5.88 Å². The van der Waals surface area contributed by atoms with Gasteiger partial charge in [-0.3, -0.25) is 14.2 Å². The fourth-order valence-electron chi connectivity index (χ4n) is 3.56. The first kappa shape index (κ1) is 20.5. The molecule has 1 aromatic rings. The van der Waals surface area contributed by atoms with Crippen LogP contribution in [0.3, 0.4) is 0 Å². The SMILES string of the molecule is Cc1c(C(=O)C2C(C=C(Cl)Cl)C2(C)C)c(O)n(CC(C)C)c(=O)c1C#N. The van der Waals surface area contributed by atoms with Crippen LogP contribution in [0.1, 0.15) is 49.2 Å². The fourth-order valence-corrected chi connectivity index (χ4v) is 3.83. The van der Waals surface area contributed by atoms with Gasteiger partial charge < -0.3 is 5.11 Å². The number of nitriles is 1. The highest BCUT2D eigenvalue weighted by molar-refractivity contribution is 6.55. The van der Waals surface area contributed by atoms with Crippen molar-refractivity contribution >= 4 is 29.0 Å². The van der Waals surface area contributed by atoms with E-state index in [1.807, 2.05) is 33.8 Å². The number of hydrogen-bond donors (Lipinski definition) is 1. The molecule has 7 heteroatoms. The van der Waals surface area contributed by atoms with E-state index in [9.17, 15) is 20.0 Å². The van der Waals surface area contributed by atoms with E-state index in [-0.39, 0.29) is 56.6 Å². The summed E-state index contributed by atoms with van der Waals surface area (Å²) in [5.74, 6) is -1.24. The summed E-state index contributed by atoms with van der Waals surface area (Å²) < 4.78 is 1.19. The third-order valence-electron chi connectivity index (χ3n) is 5.09. The summed E-state index contributed by atoms with van der Waals surface area (Å²) in [6.45, 7) is 9.32. The van der Waals surface area contributed by atoms with Crippen LogP contribution >= 0.6 is 23.2 Å². The summed E-state index contributed by atoms with van der Waals surface area (Å²) in [5, 5.41) is 20.1. The number of Topliss-reactive ketones (excluding diaryl/α,β-unsaturated/α-hetero) is 1. The second kappa shape index (κ2) is 7.09. The van der Waals surface area contributed by atoms with Gasteiger partial charge in [0.1, 0.15) is 16.1 Å². The van der Waals surface area contributed by atoms with Gasteiger partial charge in [0.15, 0.2) is 5.78 Å². The van der Waals surface area contributed by atoms with Crippen LogP contribution in [0.2, 0.25) is 0 Å². The molecule has 1 heterocycles. The Morgan fingerprint density at radius 1 is 1.42 bits per heavy atom. The molecule has 0 amide bonds. The van der Waals surface area contributed by atoms with E-state index in [1.54, 1.807) is 6.08 Å². The molecule has 5 nitrogen and oxygen atoms in total. The average Bonchev–Trinajstić information content (AvgIpc) is 3.03. The number of aromatic nitrogens is 1. The predicted octanol–water partition coefficient (Wildman–Crippen LogP) is 4.16. The second-order valence-electron chi connectivity index (χ2n) is 7.77. The maximum Gasteiger partial charge on any atom is 0.271 e. The molecule has 26 heavy (non-hydrogen) atoms. The van der Waals surface area contributed by atoms with Crippen LogP contribution in [0.4, 0.5) is 0 Å². The summed E-state index contributed by atoms with van der Waals surface area (Å²) in [4.78, 5) is 25.7. The Kier molecular flexibility index (Phi) is 5.60. The molecule has 1 aliphatic rings. The molecule has 1 N–H and O–H groups in total. The quantitative estimate of drug-likeness (QED) is 0.757. The second-order valence-corrected chi connectivity index (χ2v) is 8.77. The van der Waals surface area contributed by atoms with E-state index in [0.29, 0.717) is 0 Å². The van der Waals surface area contributed by atoms with E-state index in [1.165, 1.54) is 6.92 Å². The van der Waals surface area contributed by atoms with Crippen molar-refractivity contribution in [1.29, 1.82) is 5.26 Å². The zero-order chi connectivity index (χ0) is 20.0. The molecule has 0 aromatic carbocycles. The highest BCUT2D eigenvalue weighted by atomic mass is 35.5. The number of hydrogen-bond acceptors (Lipinski definition) is 4. The van der Waals surface area contributed by atoms with Gasteiger partial charge in [-0.05, 0) is 35.8 Å². The minimum absolute atomic E-state index is 0.0291. The third kappa shape index (κ3) is 3.41. The van der Waals surface area contributed by atoms with Crippen molar-refractivity contribution in [2.75, 3.05) is 0 Å². The van der Waals surface area contributed by atoms with Gasteiger partial charge in [-0.25, -0.2) is 0 Å². The Morgan fingerprint density at radius 2 is 2.00 bits per heavy atom. The standard InChI is InChI=1S/C19H22Cl2N2O3/c1-9(2)8-23-17(25)11(7-22)10(3)14(18(23)26)16(24)15-12(6-13(20)21)19(15,4)5/h6,9,12,15,26H,8H2,1-5H3. The Bertz CT molecular complexity index is 888. The van der Waals surface area contributed by atoms with Crippen LogP contribution in [0.5, 0.6) is 5.88 Å². The highest BCUT2D eigenvalue weighted by Gasteiger charge is 2.61. The molecule has 2 atom stereocenters. The average molecular weight is 397 g/mol.